The van der Waals surface area contributed by atoms with Crippen LogP contribution in [-0.4, -0.2) is 16.7 Å². The molecule has 1 aliphatic rings. The van der Waals surface area contributed by atoms with Crippen LogP contribution in [-0.2, 0) is 6.42 Å². The average Bonchev–Trinajstić information content (AvgIpc) is 2.18. The first-order chi connectivity index (χ1) is 7.42. The number of hydrogen-bond donors (Lipinski definition) is 1. The Kier molecular flexibility index (Phi) is 2.41. The first-order valence-corrected chi connectivity index (χ1v) is 5.46. The molecule has 1 heterocycles. The van der Waals surface area contributed by atoms with Crippen LogP contribution in [0.5, 0.6) is 5.75 Å². The van der Waals surface area contributed by atoms with Gasteiger partial charge in [0.15, 0.2) is 0 Å². The summed E-state index contributed by atoms with van der Waals surface area (Å²) >= 11 is 0. The number of aromatic carboxylic acids is 1. The zero-order valence-corrected chi connectivity index (χ0v) is 9.78. The van der Waals surface area contributed by atoms with E-state index in [9.17, 15) is 4.79 Å². The molecule has 16 heavy (non-hydrogen) atoms. The topological polar surface area (TPSA) is 46.5 Å². The zero-order valence-electron chi connectivity index (χ0n) is 9.78. The largest absolute Gasteiger partial charge is 0.486 e. The Morgan fingerprint density at radius 2 is 2.19 bits per heavy atom. The molecule has 0 fully saturated rings. The molecule has 1 atom stereocenters. The van der Waals surface area contributed by atoms with Crippen LogP contribution in [0.15, 0.2) is 18.2 Å². The van der Waals surface area contributed by atoms with Gasteiger partial charge in [0, 0.05) is 0 Å². The highest BCUT2D eigenvalue weighted by atomic mass is 16.5. The van der Waals surface area contributed by atoms with Crippen molar-refractivity contribution in [1.82, 2.24) is 0 Å². The Bertz CT molecular complexity index is 435. The van der Waals surface area contributed by atoms with Crippen molar-refractivity contribution in [2.75, 3.05) is 0 Å². The summed E-state index contributed by atoms with van der Waals surface area (Å²) in [6.45, 7) is 6.12. The minimum Gasteiger partial charge on any atom is -0.486 e. The predicted octanol–water partition coefficient (Wildman–Crippen LogP) is 2.73. The first kappa shape index (κ1) is 11.0. The number of benzene rings is 1. The van der Waals surface area contributed by atoms with Crippen LogP contribution in [0.3, 0.4) is 0 Å². The van der Waals surface area contributed by atoms with Crippen molar-refractivity contribution in [1.29, 1.82) is 0 Å². The van der Waals surface area contributed by atoms with Gasteiger partial charge in [0.2, 0.25) is 0 Å². The Morgan fingerprint density at radius 1 is 1.50 bits per heavy atom. The van der Waals surface area contributed by atoms with E-state index >= 15 is 0 Å². The van der Waals surface area contributed by atoms with E-state index in [0.717, 1.165) is 12.0 Å². The maximum absolute atomic E-state index is 11.1. The second-order valence-corrected chi connectivity index (χ2v) is 4.91. The van der Waals surface area contributed by atoms with Crippen LogP contribution in [0.4, 0.5) is 0 Å². The lowest BCUT2D eigenvalue weighted by atomic mass is 9.83. The lowest BCUT2D eigenvalue weighted by Crippen LogP contribution is -2.41. The summed E-state index contributed by atoms with van der Waals surface area (Å²) in [7, 11) is 0. The second-order valence-electron chi connectivity index (χ2n) is 4.91. The van der Waals surface area contributed by atoms with Crippen molar-refractivity contribution in [3.8, 4) is 5.75 Å². The third-order valence-electron chi connectivity index (χ3n) is 3.40. The normalized spacial score (nSPS) is 22.1. The van der Waals surface area contributed by atoms with Gasteiger partial charge in [0.1, 0.15) is 16.9 Å². The Balaban J connectivity index is 2.52. The van der Waals surface area contributed by atoms with Crippen molar-refractivity contribution in [3.05, 3.63) is 29.3 Å². The SMILES string of the molecule is CC1Cc2cccc(C(=O)O)c2OC1(C)C. The third kappa shape index (κ3) is 1.66. The van der Waals surface area contributed by atoms with Crippen LogP contribution >= 0.6 is 0 Å². The molecule has 0 aromatic heterocycles. The molecule has 2 rings (SSSR count). The smallest absolute Gasteiger partial charge is 0.339 e. The molecular weight excluding hydrogens is 204 g/mol. The number of hydrogen-bond acceptors (Lipinski definition) is 2. The molecule has 0 amide bonds. The summed E-state index contributed by atoms with van der Waals surface area (Å²) in [5.74, 6) is -0.00986. The van der Waals surface area contributed by atoms with Crippen LogP contribution in [0, 0.1) is 5.92 Å². The third-order valence-corrected chi connectivity index (χ3v) is 3.40. The molecule has 86 valence electrons. The van der Waals surface area contributed by atoms with Crippen molar-refractivity contribution in [2.45, 2.75) is 32.8 Å². The van der Waals surface area contributed by atoms with Crippen molar-refractivity contribution < 1.29 is 14.6 Å². The maximum atomic E-state index is 11.1. The Hall–Kier alpha value is -1.51. The standard InChI is InChI=1S/C13H16O3/c1-8-7-9-5-4-6-10(12(14)15)11(9)16-13(8,2)3/h4-6,8H,7H2,1-3H3,(H,14,15). The molecule has 1 unspecified atom stereocenters. The van der Waals surface area contributed by atoms with Crippen LogP contribution in [0.1, 0.15) is 36.7 Å². The van der Waals surface area contributed by atoms with E-state index in [0.29, 0.717) is 11.7 Å². The van der Waals surface area contributed by atoms with Gasteiger partial charge in [-0.25, -0.2) is 4.79 Å². The quantitative estimate of drug-likeness (QED) is 0.791. The van der Waals surface area contributed by atoms with Gasteiger partial charge < -0.3 is 9.84 Å². The number of fused-ring (bicyclic) bond motifs is 1. The predicted molar refractivity (Wildman–Crippen MR) is 61.0 cm³/mol. The molecule has 0 aliphatic carbocycles. The van der Waals surface area contributed by atoms with Gasteiger partial charge in [-0.15, -0.1) is 0 Å². The van der Waals surface area contributed by atoms with Crippen LogP contribution in [0.2, 0.25) is 0 Å². The molecule has 0 saturated heterocycles. The molecule has 0 saturated carbocycles. The van der Waals surface area contributed by atoms with E-state index in [1.807, 2.05) is 19.9 Å². The molecule has 3 nitrogen and oxygen atoms in total. The summed E-state index contributed by atoms with van der Waals surface area (Å²) in [4.78, 5) is 11.1. The van der Waals surface area contributed by atoms with E-state index in [1.165, 1.54) is 0 Å². The Morgan fingerprint density at radius 3 is 2.81 bits per heavy atom. The summed E-state index contributed by atoms with van der Waals surface area (Å²) < 4.78 is 5.84. The van der Waals surface area contributed by atoms with Gasteiger partial charge in [-0.1, -0.05) is 19.1 Å². The minimum absolute atomic E-state index is 0.262. The van der Waals surface area contributed by atoms with Gasteiger partial charge in [-0.3, -0.25) is 0 Å². The zero-order chi connectivity index (χ0) is 11.9. The van der Waals surface area contributed by atoms with Gasteiger partial charge in [0.05, 0.1) is 0 Å². The van der Waals surface area contributed by atoms with Crippen molar-refractivity contribution in [3.63, 3.8) is 0 Å². The summed E-state index contributed by atoms with van der Waals surface area (Å²) in [5.41, 5.74) is 0.947. The molecule has 0 bridgehead atoms. The summed E-state index contributed by atoms with van der Waals surface area (Å²) in [5, 5.41) is 9.10. The molecule has 1 aromatic carbocycles. The molecule has 1 aromatic rings. The summed E-state index contributed by atoms with van der Waals surface area (Å²) in [6, 6.07) is 5.30. The molecule has 0 spiro atoms. The van der Waals surface area contributed by atoms with Gasteiger partial charge in [-0.05, 0) is 37.8 Å². The fraction of sp³-hybridized carbons (Fsp3) is 0.462. The Labute approximate surface area is 95.0 Å². The van der Waals surface area contributed by atoms with E-state index in [2.05, 4.69) is 6.92 Å². The van der Waals surface area contributed by atoms with Crippen molar-refractivity contribution in [2.24, 2.45) is 5.92 Å². The molecule has 1 N–H and O–H groups in total. The van der Waals surface area contributed by atoms with Gasteiger partial charge >= 0.3 is 5.97 Å². The first-order valence-electron chi connectivity index (χ1n) is 5.46. The summed E-state index contributed by atoms with van der Waals surface area (Å²) in [6.07, 6.45) is 0.865. The number of carbonyl (C=O) groups is 1. The van der Waals surface area contributed by atoms with E-state index in [1.54, 1.807) is 12.1 Å². The average molecular weight is 220 g/mol. The van der Waals surface area contributed by atoms with Gasteiger partial charge in [0.25, 0.3) is 0 Å². The number of para-hydroxylation sites is 1. The lowest BCUT2D eigenvalue weighted by Gasteiger charge is -2.38. The number of rotatable bonds is 1. The van der Waals surface area contributed by atoms with Crippen LogP contribution in [0.25, 0.3) is 0 Å². The second kappa shape index (κ2) is 3.51. The highest BCUT2D eigenvalue weighted by Crippen LogP contribution is 2.38. The van der Waals surface area contributed by atoms with Gasteiger partial charge in [-0.2, -0.15) is 0 Å². The minimum atomic E-state index is -0.929. The fourth-order valence-corrected chi connectivity index (χ4v) is 1.97. The maximum Gasteiger partial charge on any atom is 0.339 e. The van der Waals surface area contributed by atoms with E-state index in [4.69, 9.17) is 9.84 Å². The van der Waals surface area contributed by atoms with E-state index < -0.39 is 5.97 Å². The monoisotopic (exact) mass is 220 g/mol. The molecular formula is C13H16O3. The lowest BCUT2D eigenvalue weighted by molar-refractivity contribution is 0.0328. The molecule has 0 radical (unpaired) electrons. The number of ether oxygens (including phenoxy) is 1. The molecule has 3 heteroatoms. The van der Waals surface area contributed by atoms with Crippen LogP contribution < -0.4 is 4.74 Å². The van der Waals surface area contributed by atoms with E-state index in [-0.39, 0.29) is 11.2 Å². The number of carboxylic acid groups (broad SMARTS) is 1. The fourth-order valence-electron chi connectivity index (χ4n) is 1.97. The van der Waals surface area contributed by atoms with Crippen molar-refractivity contribution >= 4 is 5.97 Å². The highest BCUT2D eigenvalue weighted by Gasteiger charge is 2.35. The highest BCUT2D eigenvalue weighted by molar-refractivity contribution is 5.91. The number of carboxylic acids is 1. The molecule has 1 aliphatic heterocycles.